The number of anilines is 1. The molecular weight excluding hydrogens is 212 g/mol. The normalized spacial score (nSPS) is 12.2. The molecule has 3 N–H and O–H groups in total. The van der Waals surface area contributed by atoms with Crippen molar-refractivity contribution >= 4 is 5.69 Å². The first kappa shape index (κ1) is 13.8. The molecule has 0 saturated carbocycles. The Bertz CT molecular complexity index is 339. The summed E-state index contributed by atoms with van der Waals surface area (Å²) in [6.07, 6.45) is 2.04. The second-order valence-corrected chi connectivity index (χ2v) is 4.44. The van der Waals surface area contributed by atoms with Crippen LogP contribution in [0.3, 0.4) is 0 Å². The van der Waals surface area contributed by atoms with Crippen LogP contribution in [0.15, 0.2) is 18.2 Å². The molecule has 0 amide bonds. The van der Waals surface area contributed by atoms with E-state index in [1.807, 2.05) is 6.07 Å². The van der Waals surface area contributed by atoms with E-state index in [9.17, 15) is 0 Å². The van der Waals surface area contributed by atoms with E-state index < -0.39 is 0 Å². The topological polar surface area (TPSA) is 47.3 Å². The lowest BCUT2D eigenvalue weighted by Crippen LogP contribution is -2.15. The van der Waals surface area contributed by atoms with Gasteiger partial charge in [-0.2, -0.15) is 0 Å². The van der Waals surface area contributed by atoms with Crippen molar-refractivity contribution in [1.29, 1.82) is 0 Å². The Hall–Kier alpha value is -1.22. The third-order valence-corrected chi connectivity index (χ3v) is 2.98. The second-order valence-electron chi connectivity index (χ2n) is 4.44. The molecule has 0 heterocycles. The summed E-state index contributed by atoms with van der Waals surface area (Å²) in [6, 6.07) is 6.25. The molecule has 3 heteroatoms. The van der Waals surface area contributed by atoms with Crippen molar-refractivity contribution in [3.8, 4) is 5.75 Å². The lowest BCUT2D eigenvalue weighted by Gasteiger charge is -2.14. The van der Waals surface area contributed by atoms with Crippen molar-refractivity contribution in [3.63, 3.8) is 0 Å². The maximum absolute atomic E-state index is 5.54. The molecule has 96 valence electrons. The van der Waals surface area contributed by atoms with Crippen LogP contribution < -0.4 is 15.8 Å². The summed E-state index contributed by atoms with van der Waals surface area (Å²) in [5.74, 6) is 1.57. The number of ether oxygens (including phenoxy) is 1. The second kappa shape index (κ2) is 7.17. The van der Waals surface area contributed by atoms with Crippen LogP contribution in [0.1, 0.15) is 25.8 Å². The van der Waals surface area contributed by atoms with Gasteiger partial charge in [0.25, 0.3) is 0 Å². The van der Waals surface area contributed by atoms with E-state index in [2.05, 4.69) is 31.3 Å². The molecule has 1 aromatic rings. The van der Waals surface area contributed by atoms with Gasteiger partial charge in [-0.1, -0.05) is 13.8 Å². The van der Waals surface area contributed by atoms with Crippen LogP contribution in [-0.4, -0.2) is 20.2 Å². The molecule has 1 aromatic carbocycles. The van der Waals surface area contributed by atoms with Crippen molar-refractivity contribution in [2.45, 2.75) is 26.7 Å². The van der Waals surface area contributed by atoms with Gasteiger partial charge in [0.1, 0.15) is 5.75 Å². The first-order valence-corrected chi connectivity index (χ1v) is 6.32. The Morgan fingerprint density at radius 3 is 2.76 bits per heavy atom. The van der Waals surface area contributed by atoms with Gasteiger partial charge in [-0.3, -0.25) is 0 Å². The highest BCUT2D eigenvalue weighted by Gasteiger charge is 2.04. The third-order valence-electron chi connectivity index (χ3n) is 2.98. The number of hydrogen-bond acceptors (Lipinski definition) is 3. The molecule has 0 fully saturated rings. The largest absolute Gasteiger partial charge is 0.496 e. The molecule has 1 rings (SSSR count). The maximum atomic E-state index is 5.54. The lowest BCUT2D eigenvalue weighted by molar-refractivity contribution is 0.410. The van der Waals surface area contributed by atoms with Crippen LogP contribution >= 0.6 is 0 Å². The maximum Gasteiger partial charge on any atom is 0.122 e. The summed E-state index contributed by atoms with van der Waals surface area (Å²) in [5.41, 5.74) is 7.94. The van der Waals surface area contributed by atoms with Crippen molar-refractivity contribution in [2.24, 2.45) is 11.7 Å². The minimum atomic E-state index is 0.604. The van der Waals surface area contributed by atoms with Gasteiger partial charge in [-0.15, -0.1) is 0 Å². The van der Waals surface area contributed by atoms with Crippen LogP contribution in [0.4, 0.5) is 5.69 Å². The van der Waals surface area contributed by atoms with Gasteiger partial charge in [-0.05, 0) is 49.1 Å². The summed E-state index contributed by atoms with van der Waals surface area (Å²) in [6.45, 7) is 6.07. The predicted molar refractivity (Wildman–Crippen MR) is 73.7 cm³/mol. The Kier molecular flexibility index (Phi) is 5.84. The van der Waals surface area contributed by atoms with Gasteiger partial charge in [-0.25, -0.2) is 0 Å². The van der Waals surface area contributed by atoms with E-state index in [0.29, 0.717) is 5.92 Å². The molecule has 0 radical (unpaired) electrons. The van der Waals surface area contributed by atoms with E-state index in [4.69, 9.17) is 10.5 Å². The summed E-state index contributed by atoms with van der Waals surface area (Å²) < 4.78 is 5.31. The average molecular weight is 236 g/mol. The fourth-order valence-electron chi connectivity index (χ4n) is 1.84. The van der Waals surface area contributed by atoms with Crippen LogP contribution in [0.2, 0.25) is 0 Å². The molecule has 3 nitrogen and oxygen atoms in total. The van der Waals surface area contributed by atoms with Crippen molar-refractivity contribution < 1.29 is 4.74 Å². The van der Waals surface area contributed by atoms with Crippen molar-refractivity contribution in [1.82, 2.24) is 0 Å². The highest BCUT2D eigenvalue weighted by molar-refractivity contribution is 5.51. The minimum absolute atomic E-state index is 0.604. The van der Waals surface area contributed by atoms with Crippen molar-refractivity contribution in [3.05, 3.63) is 23.8 Å². The molecule has 0 spiro atoms. The molecule has 0 aliphatic carbocycles. The third kappa shape index (κ3) is 4.27. The zero-order valence-electron chi connectivity index (χ0n) is 11.1. The molecule has 0 aliphatic heterocycles. The minimum Gasteiger partial charge on any atom is -0.496 e. The van der Waals surface area contributed by atoms with Crippen LogP contribution in [0.5, 0.6) is 5.75 Å². The van der Waals surface area contributed by atoms with Crippen molar-refractivity contribution in [2.75, 3.05) is 25.5 Å². The molecule has 0 saturated heterocycles. The number of methoxy groups -OCH3 is 1. The number of rotatable bonds is 7. The number of nitrogens with one attached hydrogen (secondary N) is 1. The smallest absolute Gasteiger partial charge is 0.122 e. The number of nitrogens with two attached hydrogens (primary N) is 1. The Balaban J connectivity index is 2.60. The first-order valence-electron chi connectivity index (χ1n) is 6.32. The summed E-state index contributed by atoms with van der Waals surface area (Å²) in [4.78, 5) is 0. The van der Waals surface area contributed by atoms with E-state index in [-0.39, 0.29) is 0 Å². The van der Waals surface area contributed by atoms with Gasteiger partial charge >= 0.3 is 0 Å². The summed E-state index contributed by atoms with van der Waals surface area (Å²) in [7, 11) is 1.71. The fourth-order valence-corrected chi connectivity index (χ4v) is 1.84. The molecule has 1 unspecified atom stereocenters. The van der Waals surface area contributed by atoms with Gasteiger partial charge in [0.2, 0.25) is 0 Å². The summed E-state index contributed by atoms with van der Waals surface area (Å²) >= 11 is 0. The molecular formula is C14H24N2O. The quantitative estimate of drug-likeness (QED) is 0.765. The molecule has 0 bridgehead atoms. The van der Waals surface area contributed by atoms with Gasteiger partial charge in [0.05, 0.1) is 7.11 Å². The van der Waals surface area contributed by atoms with Crippen LogP contribution in [0.25, 0.3) is 0 Å². The SMILES string of the molecule is CCc1cc(NCC(C)CCN)ccc1OC. The van der Waals surface area contributed by atoms with Gasteiger partial charge < -0.3 is 15.8 Å². The van der Waals surface area contributed by atoms with Crippen LogP contribution in [0, 0.1) is 5.92 Å². The zero-order chi connectivity index (χ0) is 12.7. The van der Waals surface area contributed by atoms with Gasteiger partial charge in [0.15, 0.2) is 0 Å². The first-order chi connectivity index (χ1) is 8.21. The van der Waals surface area contributed by atoms with E-state index in [0.717, 1.165) is 37.4 Å². The Labute approximate surface area is 104 Å². The zero-order valence-corrected chi connectivity index (χ0v) is 11.1. The average Bonchev–Trinajstić information content (AvgIpc) is 2.36. The number of hydrogen-bond donors (Lipinski definition) is 2. The lowest BCUT2D eigenvalue weighted by atomic mass is 10.1. The highest BCUT2D eigenvalue weighted by atomic mass is 16.5. The molecule has 1 atom stereocenters. The van der Waals surface area contributed by atoms with Gasteiger partial charge in [0, 0.05) is 12.2 Å². The Morgan fingerprint density at radius 1 is 1.41 bits per heavy atom. The molecule has 17 heavy (non-hydrogen) atoms. The van der Waals surface area contributed by atoms with E-state index in [1.165, 1.54) is 5.56 Å². The van der Waals surface area contributed by atoms with E-state index in [1.54, 1.807) is 7.11 Å². The van der Waals surface area contributed by atoms with E-state index >= 15 is 0 Å². The standard InChI is InChI=1S/C14H24N2O/c1-4-12-9-13(5-6-14(12)17-3)16-10-11(2)7-8-15/h5-6,9,11,16H,4,7-8,10,15H2,1-3H3. The highest BCUT2D eigenvalue weighted by Crippen LogP contribution is 2.23. The number of benzene rings is 1. The summed E-state index contributed by atoms with van der Waals surface area (Å²) in [5, 5.41) is 3.44. The van der Waals surface area contributed by atoms with Crippen LogP contribution in [-0.2, 0) is 6.42 Å². The monoisotopic (exact) mass is 236 g/mol. The fraction of sp³-hybridized carbons (Fsp3) is 0.571. The predicted octanol–water partition coefficient (Wildman–Crippen LogP) is 2.65. The molecule has 0 aromatic heterocycles. The molecule has 0 aliphatic rings. The number of aryl methyl sites for hydroxylation is 1. The Morgan fingerprint density at radius 2 is 2.18 bits per heavy atom.